The number of carbonyl (C=O) groups is 1. The normalized spacial score (nSPS) is 18.7. The molecule has 5 nitrogen and oxygen atoms in total. The molecule has 0 bridgehead atoms. The molecule has 1 aromatic carbocycles. The van der Waals surface area contributed by atoms with E-state index in [-0.39, 0.29) is 30.9 Å². The van der Waals surface area contributed by atoms with E-state index in [2.05, 4.69) is 10.6 Å². The van der Waals surface area contributed by atoms with Crippen LogP contribution >= 0.6 is 12.4 Å². The summed E-state index contributed by atoms with van der Waals surface area (Å²) in [4.78, 5) is 11.8. The third kappa shape index (κ3) is 5.19. The van der Waals surface area contributed by atoms with Crippen LogP contribution in [0.2, 0.25) is 0 Å². The summed E-state index contributed by atoms with van der Waals surface area (Å²) in [5.74, 6) is 0.602. The molecule has 2 unspecified atom stereocenters. The minimum absolute atomic E-state index is 0. The molecule has 6 heteroatoms. The number of ether oxygens (including phenoxy) is 1. The van der Waals surface area contributed by atoms with E-state index in [0.717, 1.165) is 19.4 Å². The molecule has 0 saturated carbocycles. The second kappa shape index (κ2) is 8.87. The van der Waals surface area contributed by atoms with Crippen LogP contribution in [0.25, 0.3) is 0 Å². The van der Waals surface area contributed by atoms with Crippen LogP contribution in [0.4, 0.5) is 0 Å². The van der Waals surface area contributed by atoms with Crippen LogP contribution in [-0.4, -0.2) is 37.3 Å². The summed E-state index contributed by atoms with van der Waals surface area (Å²) in [6.07, 6.45) is 1.88. The zero-order valence-electron chi connectivity index (χ0n) is 12.2. The topological polar surface area (TPSA) is 70.6 Å². The van der Waals surface area contributed by atoms with Gasteiger partial charge in [0.15, 0.2) is 0 Å². The van der Waals surface area contributed by atoms with Crippen LogP contribution in [0, 0.1) is 0 Å². The van der Waals surface area contributed by atoms with E-state index in [1.54, 1.807) is 19.2 Å². The molecule has 1 heterocycles. The maximum absolute atomic E-state index is 11.8. The number of rotatable bonds is 6. The monoisotopic (exact) mass is 314 g/mol. The van der Waals surface area contributed by atoms with Gasteiger partial charge in [-0.15, -0.1) is 12.4 Å². The van der Waals surface area contributed by atoms with Gasteiger partial charge in [-0.25, -0.2) is 0 Å². The Kier molecular flexibility index (Phi) is 7.50. The van der Waals surface area contributed by atoms with Crippen LogP contribution in [0.1, 0.15) is 30.9 Å². The van der Waals surface area contributed by atoms with Crippen molar-refractivity contribution in [1.82, 2.24) is 10.6 Å². The van der Waals surface area contributed by atoms with Gasteiger partial charge in [0.1, 0.15) is 5.75 Å². The Morgan fingerprint density at radius 3 is 2.95 bits per heavy atom. The number of para-hydroxylation sites is 1. The van der Waals surface area contributed by atoms with E-state index in [4.69, 9.17) is 4.74 Å². The van der Waals surface area contributed by atoms with E-state index < -0.39 is 6.10 Å². The molecule has 21 heavy (non-hydrogen) atoms. The SMILES string of the molecule is COc1ccccc1C(O)CNC(=O)CC1CCCN1.Cl. The molecule has 2 rings (SSSR count). The number of halogens is 1. The zero-order chi connectivity index (χ0) is 14.4. The van der Waals surface area contributed by atoms with E-state index in [1.807, 2.05) is 12.1 Å². The Balaban J connectivity index is 0.00000220. The predicted octanol–water partition coefficient (Wildman–Crippen LogP) is 1.41. The summed E-state index contributed by atoms with van der Waals surface area (Å²) in [6, 6.07) is 7.56. The lowest BCUT2D eigenvalue weighted by atomic mass is 10.1. The molecule has 0 radical (unpaired) electrons. The van der Waals surface area contributed by atoms with Crippen molar-refractivity contribution in [2.45, 2.75) is 31.4 Å². The Morgan fingerprint density at radius 1 is 1.52 bits per heavy atom. The fourth-order valence-corrected chi connectivity index (χ4v) is 2.49. The number of carbonyl (C=O) groups excluding carboxylic acids is 1. The van der Waals surface area contributed by atoms with E-state index in [0.29, 0.717) is 17.7 Å². The quantitative estimate of drug-likeness (QED) is 0.742. The Labute approximate surface area is 131 Å². The lowest BCUT2D eigenvalue weighted by molar-refractivity contribution is -0.122. The second-order valence-corrected chi connectivity index (χ2v) is 5.06. The molecule has 3 N–H and O–H groups in total. The highest BCUT2D eigenvalue weighted by atomic mass is 35.5. The van der Waals surface area contributed by atoms with Crippen LogP contribution in [-0.2, 0) is 4.79 Å². The first kappa shape index (κ1) is 17.8. The lowest BCUT2D eigenvalue weighted by Gasteiger charge is -2.16. The van der Waals surface area contributed by atoms with Crippen molar-refractivity contribution in [1.29, 1.82) is 0 Å². The number of benzene rings is 1. The first-order chi connectivity index (χ1) is 9.70. The van der Waals surface area contributed by atoms with Crippen LogP contribution in [0.3, 0.4) is 0 Å². The van der Waals surface area contributed by atoms with E-state index in [9.17, 15) is 9.90 Å². The standard InChI is InChI=1S/C15H22N2O3.ClH/c1-20-14-7-3-2-6-12(14)13(18)10-17-15(19)9-11-5-4-8-16-11;/h2-3,6-7,11,13,16,18H,4-5,8-10H2,1H3,(H,17,19);1H. The van der Waals surface area contributed by atoms with Crippen molar-refractivity contribution in [2.24, 2.45) is 0 Å². The zero-order valence-corrected chi connectivity index (χ0v) is 13.0. The lowest BCUT2D eigenvalue weighted by Crippen LogP contribution is -2.34. The van der Waals surface area contributed by atoms with Gasteiger partial charge in [-0.2, -0.15) is 0 Å². The van der Waals surface area contributed by atoms with Gasteiger partial charge in [0.25, 0.3) is 0 Å². The summed E-state index contributed by atoms with van der Waals surface area (Å²) in [7, 11) is 1.57. The van der Waals surface area contributed by atoms with Crippen LogP contribution in [0.15, 0.2) is 24.3 Å². The molecule has 118 valence electrons. The van der Waals surface area contributed by atoms with Crippen molar-refractivity contribution in [2.75, 3.05) is 20.2 Å². The van der Waals surface area contributed by atoms with E-state index >= 15 is 0 Å². The Bertz CT molecular complexity index is 450. The average Bonchev–Trinajstić information content (AvgIpc) is 2.97. The molecule has 1 aromatic rings. The summed E-state index contributed by atoms with van der Waals surface area (Å²) in [5, 5.41) is 16.2. The van der Waals surface area contributed by atoms with Crippen molar-refractivity contribution in [3.05, 3.63) is 29.8 Å². The molecule has 0 aliphatic carbocycles. The minimum Gasteiger partial charge on any atom is -0.496 e. The number of amides is 1. The van der Waals surface area contributed by atoms with Gasteiger partial charge in [0.05, 0.1) is 13.2 Å². The number of methoxy groups -OCH3 is 1. The smallest absolute Gasteiger partial charge is 0.221 e. The molecule has 1 saturated heterocycles. The van der Waals surface area contributed by atoms with Crippen molar-refractivity contribution in [3.63, 3.8) is 0 Å². The molecule has 2 atom stereocenters. The fraction of sp³-hybridized carbons (Fsp3) is 0.533. The fourth-order valence-electron chi connectivity index (χ4n) is 2.49. The van der Waals surface area contributed by atoms with Gasteiger partial charge in [-0.3, -0.25) is 4.79 Å². The molecule has 1 aliphatic rings. The van der Waals surface area contributed by atoms with Crippen LogP contribution < -0.4 is 15.4 Å². The Hall–Kier alpha value is -1.30. The molecule has 0 spiro atoms. The Morgan fingerprint density at radius 2 is 2.29 bits per heavy atom. The number of aliphatic hydroxyl groups excluding tert-OH is 1. The maximum atomic E-state index is 11.8. The highest BCUT2D eigenvalue weighted by Crippen LogP contribution is 2.24. The number of hydrogen-bond acceptors (Lipinski definition) is 4. The highest BCUT2D eigenvalue weighted by Gasteiger charge is 2.19. The molecule has 1 aliphatic heterocycles. The van der Waals surface area contributed by atoms with Crippen LogP contribution in [0.5, 0.6) is 5.75 Å². The third-order valence-corrected chi connectivity index (χ3v) is 3.58. The third-order valence-electron chi connectivity index (χ3n) is 3.58. The van der Waals surface area contributed by atoms with E-state index in [1.165, 1.54) is 0 Å². The molecular formula is C15H23ClN2O3. The molecule has 1 amide bonds. The van der Waals surface area contributed by atoms with Crippen molar-refractivity contribution < 1.29 is 14.6 Å². The van der Waals surface area contributed by atoms with Gasteiger partial charge in [-0.05, 0) is 25.5 Å². The minimum atomic E-state index is -0.758. The largest absolute Gasteiger partial charge is 0.496 e. The summed E-state index contributed by atoms with van der Waals surface area (Å²) >= 11 is 0. The molecular weight excluding hydrogens is 292 g/mol. The van der Waals surface area contributed by atoms with Crippen molar-refractivity contribution >= 4 is 18.3 Å². The maximum Gasteiger partial charge on any atom is 0.221 e. The predicted molar refractivity (Wildman–Crippen MR) is 83.9 cm³/mol. The van der Waals surface area contributed by atoms with Crippen molar-refractivity contribution in [3.8, 4) is 5.75 Å². The first-order valence-electron chi connectivity index (χ1n) is 7.01. The number of aliphatic hydroxyl groups is 1. The summed E-state index contributed by atoms with van der Waals surface area (Å²) in [6.45, 7) is 1.19. The van der Waals surface area contributed by atoms with Gasteiger partial charge < -0.3 is 20.5 Å². The number of nitrogens with one attached hydrogen (secondary N) is 2. The number of hydrogen-bond donors (Lipinski definition) is 3. The summed E-state index contributed by atoms with van der Waals surface area (Å²) in [5.41, 5.74) is 0.689. The van der Waals surface area contributed by atoms with Gasteiger partial charge >= 0.3 is 0 Å². The van der Waals surface area contributed by atoms with Gasteiger partial charge in [0, 0.05) is 24.6 Å². The summed E-state index contributed by atoms with van der Waals surface area (Å²) < 4.78 is 5.20. The molecule has 1 fully saturated rings. The van der Waals surface area contributed by atoms with Gasteiger partial charge in [-0.1, -0.05) is 18.2 Å². The highest BCUT2D eigenvalue weighted by molar-refractivity contribution is 5.85. The average molecular weight is 315 g/mol. The molecule has 0 aromatic heterocycles. The second-order valence-electron chi connectivity index (χ2n) is 5.06. The van der Waals surface area contributed by atoms with Gasteiger partial charge in [0.2, 0.25) is 5.91 Å². The first-order valence-corrected chi connectivity index (χ1v) is 7.01.